The van der Waals surface area contributed by atoms with Gasteiger partial charge in [-0.1, -0.05) is 89.0 Å². The third-order valence-corrected chi connectivity index (χ3v) is 8.21. The van der Waals surface area contributed by atoms with Crippen LogP contribution < -0.4 is 15.6 Å². The summed E-state index contributed by atoms with van der Waals surface area (Å²) in [5.74, 6) is 0.492. The highest BCUT2D eigenvalue weighted by molar-refractivity contribution is 6.42. The molecule has 0 saturated carbocycles. The van der Waals surface area contributed by atoms with Crippen LogP contribution in [0.1, 0.15) is 40.3 Å². The van der Waals surface area contributed by atoms with Crippen molar-refractivity contribution in [1.29, 1.82) is 0 Å². The topological polar surface area (TPSA) is 141 Å². The average molecular weight is 660 g/mol. The summed E-state index contributed by atoms with van der Waals surface area (Å²) in [7, 11) is 0. The van der Waals surface area contributed by atoms with Crippen LogP contribution >= 0.6 is 23.2 Å². The van der Waals surface area contributed by atoms with Gasteiger partial charge in [0.15, 0.2) is 11.6 Å². The van der Waals surface area contributed by atoms with Gasteiger partial charge in [0.1, 0.15) is 5.75 Å². The van der Waals surface area contributed by atoms with Crippen LogP contribution in [-0.4, -0.2) is 35.7 Å². The van der Waals surface area contributed by atoms with E-state index in [1.807, 2.05) is 72.8 Å². The Labute approximate surface area is 276 Å². The van der Waals surface area contributed by atoms with Crippen LogP contribution in [0.25, 0.3) is 10.4 Å². The van der Waals surface area contributed by atoms with Gasteiger partial charge in [-0.05, 0) is 64.2 Å². The Bertz CT molecular complexity index is 1730. The molecule has 0 unspecified atom stereocenters. The fourth-order valence-corrected chi connectivity index (χ4v) is 5.51. The summed E-state index contributed by atoms with van der Waals surface area (Å²) >= 11 is 12.3. The molecule has 3 N–H and O–H groups in total. The largest absolute Gasteiger partial charge is 0.494 e. The Morgan fingerprint density at radius 2 is 1.76 bits per heavy atom. The van der Waals surface area contributed by atoms with Crippen molar-refractivity contribution in [2.45, 2.75) is 37.6 Å². The number of carbonyl (C=O) groups is 1. The Morgan fingerprint density at radius 1 is 1.00 bits per heavy atom. The maximum Gasteiger partial charge on any atom is 0.266 e. The maximum atomic E-state index is 14.4. The fraction of sp³-hybridized carbons (Fsp3) is 0.235. The van der Waals surface area contributed by atoms with E-state index in [0.717, 1.165) is 11.1 Å². The van der Waals surface area contributed by atoms with Crippen molar-refractivity contribution in [2.75, 3.05) is 13.2 Å². The second-order valence-electron chi connectivity index (χ2n) is 10.6. The number of aliphatic hydroxyl groups excluding tert-OH is 1. The SMILES string of the molecule is [N-]=[N+]=NCc1ccccc1[C@@H]1OC(c2ccc(OCCCO)cc2)=N[C@]1(Cc1ccccc1)C(=O)NNCc1ccc(Cl)c(Cl)c1. The molecule has 5 rings (SSSR count). The highest BCUT2D eigenvalue weighted by Crippen LogP contribution is 2.43. The Balaban J connectivity index is 1.54. The lowest BCUT2D eigenvalue weighted by molar-refractivity contribution is -0.130. The lowest BCUT2D eigenvalue weighted by Crippen LogP contribution is -2.53. The van der Waals surface area contributed by atoms with Crippen LogP contribution in [0.15, 0.2) is 107 Å². The smallest absolute Gasteiger partial charge is 0.266 e. The summed E-state index contributed by atoms with van der Waals surface area (Å²) in [5, 5.41) is 13.7. The molecule has 46 heavy (non-hydrogen) atoms. The number of azide groups is 1. The van der Waals surface area contributed by atoms with Crippen molar-refractivity contribution < 1.29 is 19.4 Å². The molecular weight excluding hydrogens is 627 g/mol. The summed E-state index contributed by atoms with van der Waals surface area (Å²) in [5.41, 5.74) is 17.2. The highest BCUT2D eigenvalue weighted by Gasteiger charge is 2.53. The number of hydrogen-bond acceptors (Lipinski definition) is 7. The van der Waals surface area contributed by atoms with E-state index in [9.17, 15) is 4.79 Å². The predicted octanol–water partition coefficient (Wildman–Crippen LogP) is 6.89. The van der Waals surface area contributed by atoms with Crippen molar-refractivity contribution in [1.82, 2.24) is 10.9 Å². The van der Waals surface area contributed by atoms with Gasteiger partial charge < -0.3 is 14.6 Å². The van der Waals surface area contributed by atoms with Crippen molar-refractivity contribution in [3.63, 3.8) is 0 Å². The molecule has 0 bridgehead atoms. The molecule has 0 aliphatic carbocycles. The van der Waals surface area contributed by atoms with Gasteiger partial charge in [-0.25, -0.2) is 10.4 Å². The van der Waals surface area contributed by atoms with Crippen LogP contribution in [0.4, 0.5) is 0 Å². The molecule has 1 aliphatic rings. The number of amides is 1. The minimum atomic E-state index is -1.47. The zero-order valence-electron chi connectivity index (χ0n) is 24.8. The fourth-order valence-electron chi connectivity index (χ4n) is 5.19. The number of nitrogens with one attached hydrogen (secondary N) is 2. The molecule has 0 radical (unpaired) electrons. The van der Waals surface area contributed by atoms with Gasteiger partial charge in [0.2, 0.25) is 5.90 Å². The van der Waals surface area contributed by atoms with Gasteiger partial charge in [0.05, 0.1) is 23.2 Å². The zero-order valence-corrected chi connectivity index (χ0v) is 26.3. The predicted molar refractivity (Wildman–Crippen MR) is 178 cm³/mol. The van der Waals surface area contributed by atoms with E-state index < -0.39 is 17.6 Å². The first-order chi connectivity index (χ1) is 22.4. The maximum absolute atomic E-state index is 14.4. The second kappa shape index (κ2) is 15.6. The van der Waals surface area contributed by atoms with E-state index in [2.05, 4.69) is 20.9 Å². The molecular formula is C34H32Cl2N6O4. The average Bonchev–Trinajstić information content (AvgIpc) is 3.46. The third-order valence-electron chi connectivity index (χ3n) is 7.47. The van der Waals surface area contributed by atoms with Gasteiger partial charge >= 0.3 is 0 Å². The first-order valence-corrected chi connectivity index (χ1v) is 15.4. The third kappa shape index (κ3) is 7.80. The summed E-state index contributed by atoms with van der Waals surface area (Å²) < 4.78 is 12.3. The Morgan fingerprint density at radius 3 is 2.50 bits per heavy atom. The van der Waals surface area contributed by atoms with Crippen LogP contribution in [0.3, 0.4) is 0 Å². The number of rotatable bonds is 14. The molecule has 12 heteroatoms. The second-order valence-corrected chi connectivity index (χ2v) is 11.4. The van der Waals surface area contributed by atoms with E-state index in [1.54, 1.807) is 24.3 Å². The molecule has 4 aromatic carbocycles. The van der Waals surface area contributed by atoms with E-state index >= 15 is 0 Å². The number of nitrogens with zero attached hydrogens (tertiary/aromatic N) is 4. The van der Waals surface area contributed by atoms with E-state index in [4.69, 9.17) is 48.3 Å². The number of hydrazine groups is 1. The van der Waals surface area contributed by atoms with Crippen LogP contribution in [0.2, 0.25) is 10.0 Å². The zero-order chi connectivity index (χ0) is 32.4. The van der Waals surface area contributed by atoms with Gasteiger partial charge in [0, 0.05) is 36.5 Å². The van der Waals surface area contributed by atoms with E-state index in [-0.39, 0.29) is 32.0 Å². The van der Waals surface area contributed by atoms with Gasteiger partial charge in [0.25, 0.3) is 5.91 Å². The molecule has 1 aliphatic heterocycles. The van der Waals surface area contributed by atoms with Crippen molar-refractivity contribution in [2.24, 2.45) is 10.1 Å². The van der Waals surface area contributed by atoms with E-state index in [1.165, 1.54) is 0 Å². The summed E-state index contributed by atoms with van der Waals surface area (Å²) in [4.78, 5) is 22.4. The highest BCUT2D eigenvalue weighted by atomic mass is 35.5. The number of ether oxygens (including phenoxy) is 2. The normalized spacial score (nSPS) is 17.0. The van der Waals surface area contributed by atoms with Gasteiger partial charge in [-0.2, -0.15) is 0 Å². The minimum Gasteiger partial charge on any atom is -0.494 e. The van der Waals surface area contributed by atoms with Gasteiger partial charge in [-0.15, -0.1) is 0 Å². The lowest BCUT2D eigenvalue weighted by atomic mass is 9.81. The molecule has 4 aromatic rings. The molecule has 0 spiro atoms. The van der Waals surface area contributed by atoms with E-state index in [0.29, 0.717) is 45.5 Å². The number of aliphatic hydroxyl groups is 1. The molecule has 236 valence electrons. The molecule has 0 saturated heterocycles. The molecule has 0 fully saturated rings. The molecule has 2 atom stereocenters. The van der Waals surface area contributed by atoms with Crippen LogP contribution in [0, 0.1) is 0 Å². The number of carbonyl (C=O) groups excluding carboxylic acids is 1. The number of benzene rings is 4. The van der Waals surface area contributed by atoms with Gasteiger partial charge in [-0.3, -0.25) is 10.2 Å². The summed E-state index contributed by atoms with van der Waals surface area (Å²) in [6, 6.07) is 29.4. The van der Waals surface area contributed by atoms with Crippen LogP contribution in [0.5, 0.6) is 5.75 Å². The first kappa shape index (κ1) is 32.8. The quantitative estimate of drug-likeness (QED) is 0.0445. The molecule has 1 amide bonds. The number of halogens is 2. The van der Waals surface area contributed by atoms with Crippen LogP contribution in [-0.2, 0) is 29.0 Å². The lowest BCUT2D eigenvalue weighted by Gasteiger charge is -2.31. The molecule has 0 aromatic heterocycles. The molecule has 1 heterocycles. The summed E-state index contributed by atoms with van der Waals surface area (Å²) in [6.45, 7) is 0.768. The standard InChI is InChI=1S/C34H32Cl2N6O4/c35-29-16-11-24(19-30(29)36)21-38-41-33(44)34(20-23-7-2-1-3-8-23)31(28-10-5-4-9-26(28)22-39-42-37)46-32(40-34)25-12-14-27(15-13-25)45-18-6-17-43/h1-5,7-16,19,31,38,43H,6,17-18,20-22H2,(H,41,44)/t31-,34-/m0/s1. The van der Waals surface area contributed by atoms with Crippen molar-refractivity contribution in [3.05, 3.63) is 145 Å². The first-order valence-electron chi connectivity index (χ1n) is 14.6. The summed E-state index contributed by atoms with van der Waals surface area (Å²) in [6.07, 6.45) is -0.148. The Kier molecular flexibility index (Phi) is 11.1. The Hall–Kier alpha value is -4.57. The minimum absolute atomic E-state index is 0.0408. The monoisotopic (exact) mass is 658 g/mol. The molecule has 10 nitrogen and oxygen atoms in total. The number of aliphatic imine (C=N–C) groups is 1. The van der Waals surface area contributed by atoms with Crippen molar-refractivity contribution in [3.8, 4) is 5.75 Å². The number of hydrogen-bond donors (Lipinski definition) is 3. The van der Waals surface area contributed by atoms with Crippen molar-refractivity contribution >= 4 is 35.0 Å².